The van der Waals surface area contributed by atoms with Crippen molar-refractivity contribution in [3.8, 4) is 22.8 Å². The van der Waals surface area contributed by atoms with Crippen molar-refractivity contribution in [2.24, 2.45) is 0 Å². The van der Waals surface area contributed by atoms with Crippen LogP contribution in [0.1, 0.15) is 34.7 Å². The molecule has 6 rings (SSSR count). The number of rotatable bonds is 2. The first-order chi connectivity index (χ1) is 16.0. The fraction of sp³-hybridized carbons (Fsp3) is 0.261. The second kappa shape index (κ2) is 7.36. The van der Waals surface area contributed by atoms with Crippen molar-refractivity contribution in [2.75, 3.05) is 18.5 Å². The van der Waals surface area contributed by atoms with E-state index in [2.05, 4.69) is 20.5 Å². The van der Waals surface area contributed by atoms with Gasteiger partial charge in [0.25, 0.3) is 6.43 Å². The highest BCUT2D eigenvalue weighted by molar-refractivity contribution is 5.81. The molecule has 0 amide bonds. The number of hydrogen-bond donors (Lipinski definition) is 1. The lowest BCUT2D eigenvalue weighted by molar-refractivity contribution is 0.151. The highest BCUT2D eigenvalue weighted by Gasteiger charge is 2.32. The Labute approximate surface area is 186 Å². The van der Waals surface area contributed by atoms with E-state index in [0.29, 0.717) is 46.4 Å². The van der Waals surface area contributed by atoms with Crippen molar-refractivity contribution in [1.82, 2.24) is 19.6 Å². The van der Waals surface area contributed by atoms with Gasteiger partial charge in [-0.3, -0.25) is 9.38 Å². The summed E-state index contributed by atoms with van der Waals surface area (Å²) in [4.78, 5) is 4.38. The van der Waals surface area contributed by atoms with Gasteiger partial charge in [0, 0.05) is 34.5 Å². The van der Waals surface area contributed by atoms with Gasteiger partial charge in [-0.2, -0.15) is 0 Å². The largest absolute Gasteiger partial charge is 0.493 e. The third-order valence-corrected chi connectivity index (χ3v) is 6.08. The van der Waals surface area contributed by atoms with E-state index in [1.54, 1.807) is 29.5 Å². The van der Waals surface area contributed by atoms with Gasteiger partial charge in [-0.25, -0.2) is 13.2 Å². The van der Waals surface area contributed by atoms with Gasteiger partial charge in [0.15, 0.2) is 17.2 Å². The van der Waals surface area contributed by atoms with Gasteiger partial charge in [-0.1, -0.05) is 0 Å². The van der Waals surface area contributed by atoms with Crippen LogP contribution in [0, 0.1) is 12.7 Å². The Bertz CT molecular complexity index is 1400. The number of aryl methyl sites for hydroxylation is 1. The minimum atomic E-state index is -2.72. The topological polar surface area (TPSA) is 73.6 Å². The van der Waals surface area contributed by atoms with Gasteiger partial charge < -0.3 is 14.8 Å². The lowest BCUT2D eigenvalue weighted by Crippen LogP contribution is -2.13. The molecule has 0 bridgehead atoms. The molecule has 0 aliphatic carbocycles. The Hall–Kier alpha value is -3.82. The molecule has 2 aliphatic heterocycles. The number of nitrogens with zero attached hydrogens (tertiary/aromatic N) is 4. The highest BCUT2D eigenvalue weighted by Crippen LogP contribution is 2.42. The summed E-state index contributed by atoms with van der Waals surface area (Å²) < 4.78 is 55.8. The van der Waals surface area contributed by atoms with Gasteiger partial charge in [0.05, 0.1) is 24.8 Å². The maximum absolute atomic E-state index is 14.7. The van der Waals surface area contributed by atoms with E-state index in [-0.39, 0.29) is 36.1 Å². The van der Waals surface area contributed by atoms with Crippen LogP contribution < -0.4 is 14.8 Å². The Morgan fingerprint density at radius 3 is 2.76 bits per heavy atom. The first-order valence-electron chi connectivity index (χ1n) is 10.4. The summed E-state index contributed by atoms with van der Waals surface area (Å²) in [6, 6.07) is 7.58. The van der Waals surface area contributed by atoms with Gasteiger partial charge in [0.1, 0.15) is 17.9 Å². The average molecular weight is 453 g/mol. The smallest absolute Gasteiger partial charge is 0.265 e. The number of pyridine rings is 2. The molecule has 4 aromatic rings. The van der Waals surface area contributed by atoms with Crippen LogP contribution in [0.4, 0.5) is 19.0 Å². The van der Waals surface area contributed by atoms with Crippen LogP contribution in [0.5, 0.6) is 11.5 Å². The third-order valence-electron chi connectivity index (χ3n) is 6.08. The number of hydrogen-bond acceptors (Lipinski definition) is 6. The predicted octanol–water partition coefficient (Wildman–Crippen LogP) is 4.66. The van der Waals surface area contributed by atoms with Crippen molar-refractivity contribution >= 4 is 11.5 Å². The molecule has 2 aliphatic rings. The van der Waals surface area contributed by atoms with E-state index in [1.807, 2.05) is 0 Å². The highest BCUT2D eigenvalue weighted by atomic mass is 19.3. The quantitative estimate of drug-likeness (QED) is 0.476. The van der Waals surface area contributed by atoms with Crippen LogP contribution >= 0.6 is 0 Å². The number of nitrogens with one attached hydrogen (secondary N) is 1. The summed E-state index contributed by atoms with van der Waals surface area (Å²) in [5, 5.41) is 11.4. The molecular weight excluding hydrogens is 435 g/mol. The molecular formula is C23H18F3N5O2. The first-order valence-corrected chi connectivity index (χ1v) is 10.4. The van der Waals surface area contributed by atoms with Gasteiger partial charge in [-0.05, 0) is 37.3 Å². The predicted molar refractivity (Wildman–Crippen MR) is 113 cm³/mol. The van der Waals surface area contributed by atoms with Crippen LogP contribution in [0.2, 0.25) is 0 Å². The fourth-order valence-electron chi connectivity index (χ4n) is 4.52. The summed E-state index contributed by atoms with van der Waals surface area (Å²) in [5.74, 6) is 1.06. The second-order valence-corrected chi connectivity index (χ2v) is 8.10. The molecule has 33 heavy (non-hydrogen) atoms. The summed E-state index contributed by atoms with van der Waals surface area (Å²) in [6.45, 7) is 2.52. The number of alkyl halides is 2. The van der Waals surface area contributed by atoms with Gasteiger partial charge in [0.2, 0.25) is 0 Å². The van der Waals surface area contributed by atoms with E-state index in [4.69, 9.17) is 9.47 Å². The van der Waals surface area contributed by atoms with Crippen LogP contribution in [0.25, 0.3) is 16.9 Å². The third kappa shape index (κ3) is 3.08. The minimum absolute atomic E-state index is 0.120. The maximum atomic E-state index is 14.7. The molecule has 1 atom stereocenters. The Balaban J connectivity index is 1.54. The standard InChI is InChI=1S/C23H18F3N5O2/c1-11-2-3-13(21(25)26)20(29-11)14-6-18-23(31-10-28-30-22(14)31)27-7-15-16(24)4-5-17-19(15)12(8-32-17)9-33-18/h2-6,10,12,21,27H,7-9H2,1H3. The molecule has 0 saturated carbocycles. The van der Waals surface area contributed by atoms with Crippen molar-refractivity contribution < 1.29 is 22.6 Å². The van der Waals surface area contributed by atoms with Crippen molar-refractivity contribution in [1.29, 1.82) is 0 Å². The molecule has 0 fully saturated rings. The van der Waals surface area contributed by atoms with Crippen LogP contribution in [-0.2, 0) is 6.54 Å². The van der Waals surface area contributed by atoms with Crippen LogP contribution in [0.3, 0.4) is 0 Å². The van der Waals surface area contributed by atoms with Crippen molar-refractivity contribution in [2.45, 2.75) is 25.8 Å². The molecule has 5 heterocycles. The van der Waals surface area contributed by atoms with Crippen LogP contribution in [-0.4, -0.2) is 32.8 Å². The molecule has 10 heteroatoms. The lowest BCUT2D eigenvalue weighted by Gasteiger charge is -2.17. The zero-order valence-corrected chi connectivity index (χ0v) is 17.5. The number of fused-ring (bicyclic) bond motifs is 3. The SMILES string of the molecule is Cc1ccc(C(F)F)c(-c2cc3c(n4cnnc24)NCc2c(F)ccc4c2C(CO4)CO3)n1. The molecule has 1 N–H and O–H groups in total. The number of halogens is 3. The zero-order valence-electron chi connectivity index (χ0n) is 17.5. The summed E-state index contributed by atoms with van der Waals surface area (Å²) >= 11 is 0. The molecule has 3 aromatic heterocycles. The van der Waals surface area contributed by atoms with Crippen molar-refractivity contribution in [3.63, 3.8) is 0 Å². The van der Waals surface area contributed by atoms with E-state index in [1.165, 1.54) is 18.5 Å². The Morgan fingerprint density at radius 2 is 1.94 bits per heavy atom. The number of ether oxygens (including phenoxy) is 2. The van der Waals surface area contributed by atoms with Crippen LogP contribution in [0.15, 0.2) is 36.7 Å². The van der Waals surface area contributed by atoms with E-state index >= 15 is 0 Å². The minimum Gasteiger partial charge on any atom is -0.493 e. The first kappa shape index (κ1) is 19.8. The van der Waals surface area contributed by atoms with E-state index in [9.17, 15) is 13.2 Å². The zero-order chi connectivity index (χ0) is 22.7. The Kier molecular flexibility index (Phi) is 4.42. The maximum Gasteiger partial charge on any atom is 0.265 e. The average Bonchev–Trinajstić information content (AvgIpc) is 3.44. The monoisotopic (exact) mass is 453 g/mol. The molecule has 168 valence electrons. The molecule has 7 nitrogen and oxygen atoms in total. The van der Waals surface area contributed by atoms with E-state index < -0.39 is 6.43 Å². The summed E-state index contributed by atoms with van der Waals surface area (Å²) in [6.07, 6.45) is -1.25. The lowest BCUT2D eigenvalue weighted by atomic mass is 9.96. The number of aromatic nitrogens is 4. The summed E-state index contributed by atoms with van der Waals surface area (Å²) in [7, 11) is 0. The molecule has 1 aromatic carbocycles. The Morgan fingerprint density at radius 1 is 1.12 bits per heavy atom. The number of benzene rings is 1. The van der Waals surface area contributed by atoms with Gasteiger partial charge >= 0.3 is 0 Å². The normalized spacial score (nSPS) is 16.8. The fourth-order valence-corrected chi connectivity index (χ4v) is 4.52. The van der Waals surface area contributed by atoms with Gasteiger partial charge in [-0.15, -0.1) is 10.2 Å². The summed E-state index contributed by atoms with van der Waals surface area (Å²) in [5.41, 5.74) is 2.52. The van der Waals surface area contributed by atoms with E-state index in [0.717, 1.165) is 5.56 Å². The molecule has 1 unspecified atom stereocenters. The molecule has 0 radical (unpaired) electrons. The number of anilines is 1. The molecule has 0 spiro atoms. The van der Waals surface area contributed by atoms with Crippen molar-refractivity contribution in [3.05, 3.63) is 64.9 Å². The molecule has 0 saturated heterocycles. The second-order valence-electron chi connectivity index (χ2n) is 8.10.